The van der Waals surface area contributed by atoms with Crippen LogP contribution in [0, 0.1) is 13.8 Å². The third-order valence-electron chi connectivity index (χ3n) is 4.51. The molecule has 4 aromatic rings. The zero-order chi connectivity index (χ0) is 20.2. The normalized spacial score (nSPS) is 11.8. The Bertz CT molecular complexity index is 1100. The fraction of sp³-hybridized carbons (Fsp3) is 0.130. The van der Waals surface area contributed by atoms with Crippen LogP contribution in [0.3, 0.4) is 0 Å². The second-order valence-electron chi connectivity index (χ2n) is 6.78. The van der Waals surface area contributed by atoms with E-state index in [4.69, 9.17) is 4.42 Å². The molecule has 0 bridgehead atoms. The average molecular weight is 404 g/mol. The fourth-order valence-corrected chi connectivity index (χ4v) is 4.11. The second-order valence-corrected chi connectivity index (χ2v) is 8.04. The van der Waals surface area contributed by atoms with E-state index in [1.165, 1.54) is 6.26 Å². The minimum Gasteiger partial charge on any atom is -0.459 e. The third kappa shape index (κ3) is 4.38. The molecule has 6 heteroatoms. The van der Waals surface area contributed by atoms with Gasteiger partial charge in [0.25, 0.3) is 5.91 Å². The van der Waals surface area contributed by atoms with E-state index in [1.54, 1.807) is 29.7 Å². The molecule has 1 atom stereocenters. The zero-order valence-electron chi connectivity index (χ0n) is 16.2. The Kier molecular flexibility index (Phi) is 5.44. The predicted molar refractivity (Wildman–Crippen MR) is 117 cm³/mol. The number of carbonyl (C=O) groups excluding carboxylic acids is 1. The maximum Gasteiger partial charge on any atom is 0.291 e. The molecular formula is C23H21N3O2S. The van der Waals surface area contributed by atoms with Gasteiger partial charge in [0.1, 0.15) is 10.8 Å². The standard InChI is InChI=1S/C23H21N3O2S/c1-15-10-11-24-20(13-15)25-21(17-7-4-3-5-8-17)18-14-16(2)29-23(18)26-22(27)19-9-6-12-28-19/h3-14,21H,1-2H3,(H,24,25)(H,26,27). The number of hydrogen-bond donors (Lipinski definition) is 2. The molecule has 0 saturated heterocycles. The highest BCUT2D eigenvalue weighted by Gasteiger charge is 2.22. The second kappa shape index (κ2) is 8.32. The van der Waals surface area contributed by atoms with E-state index in [9.17, 15) is 4.79 Å². The van der Waals surface area contributed by atoms with E-state index in [0.717, 1.165) is 32.4 Å². The quantitative estimate of drug-likeness (QED) is 0.426. The summed E-state index contributed by atoms with van der Waals surface area (Å²) in [5.41, 5.74) is 3.20. The number of carbonyl (C=O) groups is 1. The number of thiophene rings is 1. The Morgan fingerprint density at radius 1 is 1.07 bits per heavy atom. The number of rotatable bonds is 6. The lowest BCUT2D eigenvalue weighted by molar-refractivity contribution is 0.0997. The molecule has 5 nitrogen and oxygen atoms in total. The highest BCUT2D eigenvalue weighted by atomic mass is 32.1. The molecule has 1 amide bonds. The lowest BCUT2D eigenvalue weighted by Crippen LogP contribution is -2.16. The Morgan fingerprint density at radius 3 is 2.62 bits per heavy atom. The maximum atomic E-state index is 12.6. The number of nitrogens with one attached hydrogen (secondary N) is 2. The fourth-order valence-electron chi connectivity index (χ4n) is 3.17. The van der Waals surface area contributed by atoms with Gasteiger partial charge in [0, 0.05) is 16.6 Å². The van der Waals surface area contributed by atoms with Crippen molar-refractivity contribution < 1.29 is 9.21 Å². The first-order chi connectivity index (χ1) is 14.1. The monoisotopic (exact) mass is 403 g/mol. The molecule has 3 heterocycles. The summed E-state index contributed by atoms with van der Waals surface area (Å²) in [5, 5.41) is 7.33. The van der Waals surface area contributed by atoms with Crippen LogP contribution in [-0.2, 0) is 0 Å². The molecule has 3 aromatic heterocycles. The van der Waals surface area contributed by atoms with Gasteiger partial charge >= 0.3 is 0 Å². The summed E-state index contributed by atoms with van der Waals surface area (Å²) in [7, 11) is 0. The number of hydrogen-bond acceptors (Lipinski definition) is 5. The van der Waals surface area contributed by atoms with Gasteiger partial charge in [0.05, 0.1) is 12.3 Å². The summed E-state index contributed by atoms with van der Waals surface area (Å²) in [5.74, 6) is 0.802. The van der Waals surface area contributed by atoms with Gasteiger partial charge in [-0.15, -0.1) is 11.3 Å². The molecule has 0 saturated carbocycles. The summed E-state index contributed by atoms with van der Waals surface area (Å²) in [6.07, 6.45) is 3.28. The van der Waals surface area contributed by atoms with E-state index < -0.39 is 0 Å². The van der Waals surface area contributed by atoms with Gasteiger partial charge in [-0.25, -0.2) is 4.98 Å². The maximum absolute atomic E-state index is 12.6. The SMILES string of the molecule is Cc1ccnc(NC(c2ccccc2)c2cc(C)sc2NC(=O)c2ccco2)c1. The average Bonchev–Trinajstić information content (AvgIpc) is 3.37. The van der Waals surface area contributed by atoms with Crippen LogP contribution in [-0.4, -0.2) is 10.9 Å². The third-order valence-corrected chi connectivity index (χ3v) is 5.49. The number of furan rings is 1. The van der Waals surface area contributed by atoms with Gasteiger partial charge in [0.15, 0.2) is 5.76 Å². The molecule has 0 fully saturated rings. The molecule has 0 aliphatic heterocycles. The summed E-state index contributed by atoms with van der Waals surface area (Å²) in [6.45, 7) is 4.07. The molecule has 0 aliphatic carbocycles. The largest absolute Gasteiger partial charge is 0.459 e. The van der Waals surface area contributed by atoms with E-state index in [1.807, 2.05) is 44.2 Å². The Hall–Kier alpha value is -3.38. The van der Waals surface area contributed by atoms with E-state index in [-0.39, 0.29) is 17.7 Å². The number of anilines is 2. The smallest absolute Gasteiger partial charge is 0.291 e. The van der Waals surface area contributed by atoms with E-state index in [2.05, 4.69) is 33.8 Å². The van der Waals surface area contributed by atoms with Gasteiger partial charge in [-0.05, 0) is 55.3 Å². The van der Waals surface area contributed by atoms with Crippen molar-refractivity contribution in [3.8, 4) is 0 Å². The summed E-state index contributed by atoms with van der Waals surface area (Å²) >= 11 is 1.54. The first kappa shape index (κ1) is 19.0. The minimum atomic E-state index is -0.265. The van der Waals surface area contributed by atoms with Crippen molar-refractivity contribution in [1.29, 1.82) is 0 Å². The lowest BCUT2D eigenvalue weighted by atomic mass is 10.00. The van der Waals surface area contributed by atoms with Crippen molar-refractivity contribution in [2.24, 2.45) is 0 Å². The van der Waals surface area contributed by atoms with E-state index >= 15 is 0 Å². The molecule has 29 heavy (non-hydrogen) atoms. The summed E-state index contributed by atoms with van der Waals surface area (Å²) < 4.78 is 5.24. The molecule has 1 unspecified atom stereocenters. The van der Waals surface area contributed by atoms with Crippen molar-refractivity contribution in [3.05, 3.63) is 100 Å². The van der Waals surface area contributed by atoms with Crippen molar-refractivity contribution >= 4 is 28.1 Å². The number of benzene rings is 1. The van der Waals surface area contributed by atoms with Crippen LogP contribution in [0.15, 0.2) is 77.5 Å². The van der Waals surface area contributed by atoms with Crippen LogP contribution in [0.5, 0.6) is 0 Å². The van der Waals surface area contributed by atoms with Crippen LogP contribution in [0.2, 0.25) is 0 Å². The van der Waals surface area contributed by atoms with Crippen LogP contribution >= 0.6 is 11.3 Å². The molecule has 4 rings (SSSR count). The first-order valence-corrected chi connectivity index (χ1v) is 10.1. The minimum absolute atomic E-state index is 0.164. The molecule has 146 valence electrons. The molecular weight excluding hydrogens is 382 g/mol. The van der Waals surface area contributed by atoms with Gasteiger partial charge < -0.3 is 15.1 Å². The zero-order valence-corrected chi connectivity index (χ0v) is 17.0. The number of aromatic nitrogens is 1. The predicted octanol–water partition coefficient (Wildman–Crippen LogP) is 5.81. The lowest BCUT2D eigenvalue weighted by Gasteiger charge is -2.21. The molecule has 0 aliphatic rings. The molecule has 1 aromatic carbocycles. The van der Waals surface area contributed by atoms with Crippen molar-refractivity contribution in [1.82, 2.24) is 4.98 Å². The summed E-state index contributed by atoms with van der Waals surface area (Å²) in [6, 6.07) is 19.4. The topological polar surface area (TPSA) is 67.2 Å². The number of aryl methyl sites for hydroxylation is 2. The van der Waals surface area contributed by atoms with Gasteiger partial charge in [-0.3, -0.25) is 4.79 Å². The Labute approximate surface area is 173 Å². The van der Waals surface area contributed by atoms with Gasteiger partial charge in [0.2, 0.25) is 0 Å². The highest BCUT2D eigenvalue weighted by molar-refractivity contribution is 7.16. The number of pyridine rings is 1. The molecule has 0 radical (unpaired) electrons. The summed E-state index contributed by atoms with van der Waals surface area (Å²) in [4.78, 5) is 18.1. The first-order valence-electron chi connectivity index (χ1n) is 9.29. The van der Waals surface area contributed by atoms with Crippen LogP contribution in [0.1, 0.15) is 38.2 Å². The van der Waals surface area contributed by atoms with Crippen LogP contribution in [0.25, 0.3) is 0 Å². The van der Waals surface area contributed by atoms with Gasteiger partial charge in [-0.1, -0.05) is 30.3 Å². The van der Waals surface area contributed by atoms with Crippen molar-refractivity contribution in [2.75, 3.05) is 10.6 Å². The van der Waals surface area contributed by atoms with E-state index in [0.29, 0.717) is 0 Å². The number of nitrogens with zero attached hydrogens (tertiary/aromatic N) is 1. The Balaban J connectivity index is 1.72. The van der Waals surface area contributed by atoms with Crippen LogP contribution < -0.4 is 10.6 Å². The highest BCUT2D eigenvalue weighted by Crippen LogP contribution is 2.37. The molecule has 2 N–H and O–H groups in total. The molecule has 0 spiro atoms. The Morgan fingerprint density at radius 2 is 1.90 bits per heavy atom. The van der Waals surface area contributed by atoms with Crippen LogP contribution in [0.4, 0.5) is 10.8 Å². The van der Waals surface area contributed by atoms with Gasteiger partial charge in [-0.2, -0.15) is 0 Å². The number of amides is 1. The van der Waals surface area contributed by atoms with Crippen molar-refractivity contribution in [3.63, 3.8) is 0 Å². The van der Waals surface area contributed by atoms with Crippen molar-refractivity contribution in [2.45, 2.75) is 19.9 Å².